The molecule has 1 unspecified atom stereocenters. The maximum Gasteiger partial charge on any atom is 0.453 e. The van der Waals surface area contributed by atoms with Gasteiger partial charge in [0.1, 0.15) is 17.5 Å². The number of aryl methyl sites for hydroxylation is 1. The molecule has 150 valence electrons. The maximum atomic E-state index is 14.6. The van der Waals surface area contributed by atoms with Crippen LogP contribution in [0.3, 0.4) is 0 Å². The molecular formula is C18H15F4N7. The van der Waals surface area contributed by atoms with Crippen LogP contribution in [0.5, 0.6) is 0 Å². The minimum Gasteiger partial charge on any atom is -0.362 e. The fourth-order valence-corrected chi connectivity index (χ4v) is 2.97. The molecule has 0 aliphatic carbocycles. The molecule has 0 aliphatic rings. The van der Waals surface area contributed by atoms with E-state index in [-0.39, 0.29) is 11.5 Å². The molecule has 0 radical (unpaired) electrons. The molecule has 1 atom stereocenters. The zero-order valence-corrected chi connectivity index (χ0v) is 15.3. The Bertz CT molecular complexity index is 1180. The normalized spacial score (nSPS) is 13.0. The van der Waals surface area contributed by atoms with Gasteiger partial charge in [-0.05, 0) is 43.7 Å². The average molecular weight is 405 g/mol. The Morgan fingerprint density at radius 1 is 1.10 bits per heavy atom. The minimum absolute atomic E-state index is 0.0263. The molecule has 29 heavy (non-hydrogen) atoms. The smallest absolute Gasteiger partial charge is 0.362 e. The Labute approximate surface area is 162 Å². The summed E-state index contributed by atoms with van der Waals surface area (Å²) in [5, 5.41) is 13.5. The van der Waals surface area contributed by atoms with Crippen LogP contribution in [0.2, 0.25) is 0 Å². The van der Waals surface area contributed by atoms with E-state index in [2.05, 4.69) is 25.6 Å². The third kappa shape index (κ3) is 3.50. The summed E-state index contributed by atoms with van der Waals surface area (Å²) in [5.41, 5.74) is 0.933. The largest absolute Gasteiger partial charge is 0.453 e. The fraction of sp³-hybridized carbons (Fsp3) is 0.222. The lowest BCUT2D eigenvalue weighted by molar-refractivity contribution is -0.146. The van der Waals surface area contributed by atoms with Crippen LogP contribution in [0.15, 0.2) is 42.7 Å². The first kappa shape index (κ1) is 18.8. The number of hydrogen-bond donors (Lipinski definition) is 1. The molecule has 4 rings (SSSR count). The molecule has 3 aromatic heterocycles. The topological polar surface area (TPSA) is 72.9 Å². The van der Waals surface area contributed by atoms with E-state index in [1.807, 2.05) is 0 Å². The predicted octanol–water partition coefficient (Wildman–Crippen LogP) is 3.95. The first-order valence-electron chi connectivity index (χ1n) is 8.60. The highest BCUT2D eigenvalue weighted by molar-refractivity contribution is 5.46. The van der Waals surface area contributed by atoms with Crippen LogP contribution in [0.1, 0.15) is 30.2 Å². The van der Waals surface area contributed by atoms with E-state index in [4.69, 9.17) is 0 Å². The van der Waals surface area contributed by atoms with Gasteiger partial charge in [0.25, 0.3) is 5.82 Å². The first-order valence-corrected chi connectivity index (χ1v) is 8.60. The van der Waals surface area contributed by atoms with Gasteiger partial charge in [-0.1, -0.05) is 6.07 Å². The van der Waals surface area contributed by atoms with Crippen molar-refractivity contribution in [1.82, 2.24) is 29.4 Å². The molecule has 1 N–H and O–H groups in total. The number of halogens is 4. The van der Waals surface area contributed by atoms with Crippen molar-refractivity contribution in [2.24, 2.45) is 0 Å². The molecule has 0 aliphatic heterocycles. The zero-order valence-electron chi connectivity index (χ0n) is 15.3. The lowest BCUT2D eigenvalue weighted by Gasteiger charge is -2.16. The summed E-state index contributed by atoms with van der Waals surface area (Å²) in [4.78, 5) is 4.08. The molecule has 0 spiro atoms. The number of fused-ring (bicyclic) bond motifs is 1. The molecule has 3 heterocycles. The SMILES string of the molecule is Cc1nccn1-c1ccc(C(C)Nc2ccc3nnc(C(F)(F)F)n3n2)cc1F. The number of nitrogens with one attached hydrogen (secondary N) is 1. The number of hydrogen-bond acceptors (Lipinski definition) is 5. The van der Waals surface area contributed by atoms with Crippen molar-refractivity contribution in [2.75, 3.05) is 5.32 Å². The third-order valence-corrected chi connectivity index (χ3v) is 4.44. The van der Waals surface area contributed by atoms with Crippen molar-refractivity contribution in [3.63, 3.8) is 0 Å². The van der Waals surface area contributed by atoms with E-state index in [9.17, 15) is 17.6 Å². The van der Waals surface area contributed by atoms with Gasteiger partial charge in [-0.3, -0.25) is 0 Å². The molecule has 4 aromatic rings. The second-order valence-corrected chi connectivity index (χ2v) is 6.43. The van der Waals surface area contributed by atoms with E-state index in [0.29, 0.717) is 21.6 Å². The van der Waals surface area contributed by atoms with Crippen molar-refractivity contribution in [3.8, 4) is 5.69 Å². The summed E-state index contributed by atoms with van der Waals surface area (Å²) < 4.78 is 55.9. The van der Waals surface area contributed by atoms with Gasteiger partial charge in [0, 0.05) is 12.4 Å². The number of imidazole rings is 1. The molecular weight excluding hydrogens is 390 g/mol. The van der Waals surface area contributed by atoms with E-state index < -0.39 is 23.9 Å². The van der Waals surface area contributed by atoms with E-state index >= 15 is 0 Å². The Morgan fingerprint density at radius 3 is 2.55 bits per heavy atom. The van der Waals surface area contributed by atoms with Crippen LogP contribution >= 0.6 is 0 Å². The summed E-state index contributed by atoms with van der Waals surface area (Å²) >= 11 is 0. The van der Waals surface area contributed by atoms with Gasteiger partial charge < -0.3 is 9.88 Å². The quantitative estimate of drug-likeness (QED) is 0.521. The summed E-state index contributed by atoms with van der Waals surface area (Å²) in [7, 11) is 0. The molecule has 0 fully saturated rings. The Hall–Kier alpha value is -3.50. The van der Waals surface area contributed by atoms with Crippen LogP contribution < -0.4 is 5.32 Å². The van der Waals surface area contributed by atoms with Crippen LogP contribution in [0.4, 0.5) is 23.4 Å². The highest BCUT2D eigenvalue weighted by atomic mass is 19.4. The molecule has 0 bridgehead atoms. The van der Waals surface area contributed by atoms with Gasteiger partial charge >= 0.3 is 6.18 Å². The monoisotopic (exact) mass is 405 g/mol. The number of alkyl halides is 3. The third-order valence-electron chi connectivity index (χ3n) is 4.44. The van der Waals surface area contributed by atoms with Crippen molar-refractivity contribution in [1.29, 1.82) is 0 Å². The summed E-state index contributed by atoms with van der Waals surface area (Å²) in [5.74, 6) is -0.839. The summed E-state index contributed by atoms with van der Waals surface area (Å²) in [6.07, 6.45) is -1.44. The fourth-order valence-electron chi connectivity index (χ4n) is 2.97. The van der Waals surface area contributed by atoms with E-state index in [1.54, 1.807) is 42.9 Å². The number of benzene rings is 1. The summed E-state index contributed by atoms with van der Waals surface area (Å²) in [6, 6.07) is 7.16. The van der Waals surface area contributed by atoms with Gasteiger partial charge in [-0.2, -0.15) is 17.7 Å². The molecule has 1 aromatic carbocycles. The second-order valence-electron chi connectivity index (χ2n) is 6.43. The number of nitrogens with zero attached hydrogens (tertiary/aromatic N) is 6. The van der Waals surface area contributed by atoms with Gasteiger partial charge in [0.15, 0.2) is 5.65 Å². The lowest BCUT2D eigenvalue weighted by Crippen LogP contribution is -2.14. The molecule has 0 saturated carbocycles. The Morgan fingerprint density at radius 2 is 1.90 bits per heavy atom. The zero-order chi connectivity index (χ0) is 20.8. The molecule has 0 amide bonds. The Kier molecular flexibility index (Phi) is 4.44. The lowest BCUT2D eigenvalue weighted by atomic mass is 10.1. The van der Waals surface area contributed by atoms with Gasteiger partial charge in [0.2, 0.25) is 0 Å². The second kappa shape index (κ2) is 6.83. The van der Waals surface area contributed by atoms with E-state index in [1.165, 1.54) is 18.2 Å². The first-order chi connectivity index (χ1) is 13.7. The molecule has 0 saturated heterocycles. The van der Waals surface area contributed by atoms with Crippen LogP contribution in [-0.4, -0.2) is 29.4 Å². The van der Waals surface area contributed by atoms with Crippen molar-refractivity contribution < 1.29 is 17.6 Å². The Balaban J connectivity index is 1.60. The number of anilines is 1. The minimum atomic E-state index is -4.68. The molecule has 7 nitrogen and oxygen atoms in total. The predicted molar refractivity (Wildman–Crippen MR) is 96.1 cm³/mol. The molecule has 11 heteroatoms. The highest BCUT2D eigenvalue weighted by Gasteiger charge is 2.37. The van der Waals surface area contributed by atoms with Gasteiger partial charge in [-0.15, -0.1) is 15.3 Å². The van der Waals surface area contributed by atoms with Crippen molar-refractivity contribution in [2.45, 2.75) is 26.1 Å². The van der Waals surface area contributed by atoms with Crippen LogP contribution in [0.25, 0.3) is 11.3 Å². The highest BCUT2D eigenvalue weighted by Crippen LogP contribution is 2.28. The van der Waals surface area contributed by atoms with E-state index in [0.717, 1.165) is 0 Å². The van der Waals surface area contributed by atoms with Crippen LogP contribution in [-0.2, 0) is 6.18 Å². The number of aromatic nitrogens is 6. The van der Waals surface area contributed by atoms with Gasteiger partial charge in [0.05, 0.1) is 11.7 Å². The maximum absolute atomic E-state index is 14.6. The average Bonchev–Trinajstić information content (AvgIpc) is 3.27. The summed E-state index contributed by atoms with van der Waals surface area (Å²) in [6.45, 7) is 3.51. The van der Waals surface area contributed by atoms with Gasteiger partial charge in [-0.25, -0.2) is 9.37 Å². The standard InChI is InChI=1S/C18H15F4N7/c1-10(12-3-4-14(13(19)9-12)28-8-7-23-11(28)2)24-15-5-6-16-25-26-17(18(20,21)22)29(16)27-15/h3-10H,1-2H3,(H,24,27). The number of rotatable bonds is 4. The van der Waals surface area contributed by atoms with Crippen LogP contribution in [0, 0.1) is 12.7 Å². The van der Waals surface area contributed by atoms with Crippen molar-refractivity contribution in [3.05, 3.63) is 65.8 Å². The van der Waals surface area contributed by atoms with Crippen molar-refractivity contribution >= 4 is 11.5 Å².